The largest absolute Gasteiger partial charge is 0.481 e. The Bertz CT molecular complexity index is 2140. The van der Waals surface area contributed by atoms with E-state index < -0.39 is 54.7 Å². The average Bonchev–Trinajstić information content (AvgIpc) is 3.34. The highest BCUT2D eigenvalue weighted by molar-refractivity contribution is 5.93. The second-order valence-electron chi connectivity index (χ2n) is 15.8. The van der Waals surface area contributed by atoms with Crippen molar-refractivity contribution in [3.63, 3.8) is 0 Å². The zero-order valence-electron chi connectivity index (χ0n) is 40.3. The van der Waals surface area contributed by atoms with Crippen LogP contribution in [-0.4, -0.2) is 209 Å². The molecule has 4 heterocycles. The number of rotatable bonds is 18. The number of nitrogens with one attached hydrogen (secondary N) is 2. The third-order valence-electron chi connectivity index (χ3n) is 11.3. The van der Waals surface area contributed by atoms with Crippen molar-refractivity contribution >= 4 is 48.0 Å². The Hall–Kier alpha value is -7.15. The molecule has 0 spiro atoms. The maximum absolute atomic E-state index is 13.2. The quantitative estimate of drug-likeness (QED) is 0.0874. The number of nitrogens with zero attached hydrogens (tertiary/aromatic N) is 9. The van der Waals surface area contributed by atoms with Gasteiger partial charge in [0.15, 0.2) is 0 Å². The molecular weight excluding hydrogens is 911 g/mol. The fourth-order valence-electron chi connectivity index (χ4n) is 7.97. The van der Waals surface area contributed by atoms with Crippen LogP contribution in [0.4, 0.5) is 4.79 Å². The van der Waals surface area contributed by atoms with Crippen molar-refractivity contribution in [2.45, 2.75) is 70.6 Å². The number of urea groups is 1. The molecule has 0 aliphatic carbocycles. The second-order valence-corrected chi connectivity index (χ2v) is 15.8. The Balaban J connectivity index is 0.000000310. The van der Waals surface area contributed by atoms with Gasteiger partial charge in [-0.05, 0) is 17.5 Å². The number of amides is 7. The molecule has 4 aliphatic rings. The number of ether oxygens (including phenoxy) is 2. The standard InChI is InChI=1S/C22H28N6O6.C15H22N4O5.C8H9NO.C2H6/c1-25-15-19(29)27-17(7-8-20(30)31)21(32)26(10-12-34-11-9-23)14-18(27)28(25)22(33)24-13-16-5-3-2-4-6-16;1-4-6-24-7-5-18-9-12-17(3)16(2)10-13(20)19(12)11(15(18)23)8-14(21)22;10-7-9-6-8-4-2-1-3-5-8;1-2/h2-6,17-18H,7-8,10-15H2,1H3,(H,24,33)(H,30,31);1,11-12H,5-10H2,2-3H3,(H,21,22);1-5,7H,6H2,(H,9,10);1-2H3/t17?,18-;11?,12-;;/m01../s1. The smallest absolute Gasteiger partial charge is 0.334 e. The normalized spacial score (nSPS) is 20.1. The summed E-state index contributed by atoms with van der Waals surface area (Å²) in [6.45, 7) is 6.03. The molecule has 2 aromatic rings. The van der Waals surface area contributed by atoms with Crippen LogP contribution in [0.15, 0.2) is 60.7 Å². The van der Waals surface area contributed by atoms with Crippen LogP contribution >= 0.6 is 0 Å². The Morgan fingerprint density at radius 2 is 1.27 bits per heavy atom. The van der Waals surface area contributed by atoms with Gasteiger partial charge in [-0.25, -0.2) is 24.8 Å². The minimum absolute atomic E-state index is 0.0349. The van der Waals surface area contributed by atoms with Crippen molar-refractivity contribution in [1.82, 2.24) is 50.3 Å². The van der Waals surface area contributed by atoms with Crippen molar-refractivity contribution in [2.75, 3.05) is 86.8 Å². The van der Waals surface area contributed by atoms with Gasteiger partial charge in [-0.15, -0.1) is 6.42 Å². The molecule has 4 aliphatic heterocycles. The molecule has 0 radical (unpaired) electrons. The first-order valence-corrected chi connectivity index (χ1v) is 22.7. The van der Waals surface area contributed by atoms with E-state index in [-0.39, 0.29) is 89.7 Å². The van der Waals surface area contributed by atoms with E-state index in [4.69, 9.17) is 31.4 Å². The summed E-state index contributed by atoms with van der Waals surface area (Å²) >= 11 is 0. The van der Waals surface area contributed by atoms with Crippen LogP contribution in [0.25, 0.3) is 0 Å². The molecule has 23 nitrogen and oxygen atoms in total. The predicted molar refractivity (Wildman–Crippen MR) is 251 cm³/mol. The lowest BCUT2D eigenvalue weighted by Crippen LogP contribution is -2.76. The number of benzene rings is 2. The number of hydrogen-bond donors (Lipinski definition) is 4. The zero-order chi connectivity index (χ0) is 51.8. The number of aliphatic carboxylic acids is 2. The summed E-state index contributed by atoms with van der Waals surface area (Å²) in [5, 5.41) is 38.9. The fraction of sp³-hybridized carbons (Fsp3) is 0.511. The Morgan fingerprint density at radius 3 is 1.80 bits per heavy atom. The minimum Gasteiger partial charge on any atom is -0.481 e. The van der Waals surface area contributed by atoms with E-state index in [0.29, 0.717) is 26.0 Å². The summed E-state index contributed by atoms with van der Waals surface area (Å²) in [4.78, 5) is 102. The van der Waals surface area contributed by atoms with Gasteiger partial charge in [-0.1, -0.05) is 80.4 Å². The molecule has 4 saturated heterocycles. The Kier molecular flexibility index (Phi) is 24.2. The van der Waals surface area contributed by atoms with Crippen LogP contribution in [0.5, 0.6) is 0 Å². The average molecular weight is 976 g/mol. The summed E-state index contributed by atoms with van der Waals surface area (Å²) in [5.74, 6) is -1.24. The number of hydrazine groups is 2. The first kappa shape index (κ1) is 57.2. The number of terminal acetylenes is 1. The third-order valence-corrected chi connectivity index (χ3v) is 11.3. The Labute approximate surface area is 408 Å². The molecule has 6 rings (SSSR count). The van der Waals surface area contributed by atoms with E-state index in [0.717, 1.165) is 11.1 Å². The lowest BCUT2D eigenvalue weighted by atomic mass is 10.0. The van der Waals surface area contributed by atoms with E-state index in [1.165, 1.54) is 29.6 Å². The number of fused-ring (bicyclic) bond motifs is 2. The molecular formula is C47H65N11O12. The van der Waals surface area contributed by atoms with Gasteiger partial charge in [0.2, 0.25) is 30.0 Å². The molecule has 4 N–H and O–H groups in total. The monoisotopic (exact) mass is 975 g/mol. The second kappa shape index (κ2) is 29.7. The number of likely N-dealkylation sites (N-methyl/N-ethyl adjacent to an activating group) is 3. The summed E-state index contributed by atoms with van der Waals surface area (Å²) < 4.78 is 10.4. The van der Waals surface area contributed by atoms with Gasteiger partial charge >= 0.3 is 18.0 Å². The van der Waals surface area contributed by atoms with E-state index in [2.05, 4.69) is 16.6 Å². The maximum Gasteiger partial charge on any atom is 0.334 e. The third kappa shape index (κ3) is 16.5. The van der Waals surface area contributed by atoms with Crippen molar-refractivity contribution < 1.29 is 58.0 Å². The molecule has 0 bridgehead atoms. The van der Waals surface area contributed by atoms with Gasteiger partial charge in [-0.3, -0.25) is 33.6 Å². The number of carboxylic acids is 2. The van der Waals surface area contributed by atoms with Crippen molar-refractivity contribution in [1.29, 1.82) is 5.26 Å². The highest BCUT2D eigenvalue weighted by Gasteiger charge is 2.51. The number of carbonyl (C=O) groups is 8. The number of nitriles is 1. The van der Waals surface area contributed by atoms with Crippen LogP contribution in [-0.2, 0) is 56.1 Å². The van der Waals surface area contributed by atoms with Gasteiger partial charge in [-0.2, -0.15) is 5.26 Å². The van der Waals surface area contributed by atoms with Gasteiger partial charge in [0.05, 0.1) is 51.9 Å². The van der Waals surface area contributed by atoms with Crippen molar-refractivity contribution in [3.8, 4) is 18.4 Å². The summed E-state index contributed by atoms with van der Waals surface area (Å²) in [6.07, 6.45) is 3.81. The van der Waals surface area contributed by atoms with E-state index in [1.807, 2.05) is 92.6 Å². The molecule has 380 valence electrons. The summed E-state index contributed by atoms with van der Waals surface area (Å²) in [6, 6.07) is 18.5. The first-order chi connectivity index (χ1) is 33.6. The molecule has 0 aromatic heterocycles. The van der Waals surface area contributed by atoms with E-state index >= 15 is 0 Å². The van der Waals surface area contributed by atoms with Gasteiger partial charge < -0.3 is 49.9 Å². The highest BCUT2D eigenvalue weighted by Crippen LogP contribution is 2.29. The van der Waals surface area contributed by atoms with Crippen LogP contribution in [0, 0.1) is 23.7 Å². The zero-order valence-corrected chi connectivity index (χ0v) is 40.3. The molecule has 2 unspecified atom stereocenters. The molecule has 70 heavy (non-hydrogen) atoms. The molecule has 2 aromatic carbocycles. The number of carbonyl (C=O) groups excluding carboxylic acids is 6. The topological polar surface area (TPSA) is 269 Å². The molecule has 4 atom stereocenters. The number of hydrogen-bond acceptors (Lipinski definition) is 14. The molecule has 4 fully saturated rings. The van der Waals surface area contributed by atoms with E-state index in [1.54, 1.807) is 19.1 Å². The summed E-state index contributed by atoms with van der Waals surface area (Å²) in [7, 11) is 5.20. The highest BCUT2D eigenvalue weighted by atomic mass is 16.5. The lowest BCUT2D eigenvalue weighted by molar-refractivity contribution is -0.194. The number of piperazine rings is 2. The number of carboxylic acid groups (broad SMARTS) is 2. The predicted octanol–water partition coefficient (Wildman–Crippen LogP) is 0.0565. The molecule has 23 heteroatoms. The van der Waals surface area contributed by atoms with Crippen LogP contribution in [0.2, 0.25) is 0 Å². The van der Waals surface area contributed by atoms with Crippen molar-refractivity contribution in [3.05, 3.63) is 71.8 Å². The van der Waals surface area contributed by atoms with Crippen molar-refractivity contribution in [2.24, 2.45) is 0 Å². The van der Waals surface area contributed by atoms with Crippen LogP contribution in [0.1, 0.15) is 44.2 Å². The SMILES string of the molecule is C#CCOCCN1C[C@H]2N(C(=O)CN(C)N2C)C(CC(=O)O)C1=O.CC.CN1CC(=O)N2C(CCC(=O)O)C(=O)N(CCOCC#N)C[C@@H]2N1C(=O)NCc1ccccc1.O=CNCc1ccccc1. The maximum atomic E-state index is 13.2. The van der Waals surface area contributed by atoms with Gasteiger partial charge in [0.25, 0.3) is 0 Å². The Morgan fingerprint density at radius 1 is 0.757 bits per heavy atom. The van der Waals surface area contributed by atoms with Gasteiger partial charge in [0.1, 0.15) is 37.6 Å². The lowest BCUT2D eigenvalue weighted by Gasteiger charge is -2.54. The first-order valence-electron chi connectivity index (χ1n) is 22.7. The fourth-order valence-corrected chi connectivity index (χ4v) is 7.97. The minimum atomic E-state index is -1.12. The van der Waals surface area contributed by atoms with E-state index in [9.17, 15) is 38.4 Å². The van der Waals surface area contributed by atoms with Crippen LogP contribution in [0.3, 0.4) is 0 Å². The molecule has 7 amide bonds. The summed E-state index contributed by atoms with van der Waals surface area (Å²) in [5.41, 5.74) is 2.02. The van der Waals surface area contributed by atoms with Crippen LogP contribution < -0.4 is 10.6 Å². The molecule has 0 saturated carbocycles. The van der Waals surface area contributed by atoms with Gasteiger partial charge in [0, 0.05) is 53.7 Å².